The Morgan fingerprint density at radius 3 is 1.25 bits per heavy atom. The summed E-state index contributed by atoms with van der Waals surface area (Å²) in [6.07, 6.45) is 0. The fourth-order valence-corrected chi connectivity index (χ4v) is 17.7. The van der Waals surface area contributed by atoms with Crippen LogP contribution < -0.4 is 26.2 Å². The first-order valence-corrected chi connectivity index (χ1v) is 37.3. The van der Waals surface area contributed by atoms with E-state index in [1.807, 2.05) is 54.6 Å². The van der Waals surface area contributed by atoms with E-state index in [-0.39, 0.29) is 33.9 Å². The number of anilines is 6. The Bertz CT molecular complexity index is 7540. The van der Waals surface area contributed by atoms with Gasteiger partial charge in [0.15, 0.2) is 0 Å². The number of para-hydroxylation sites is 6. The maximum Gasteiger partial charge on any atom is 0.252 e. The van der Waals surface area contributed by atoms with Gasteiger partial charge in [-0.25, -0.2) is 0 Å². The predicted molar refractivity (Wildman–Crippen MR) is 465 cm³/mol. The monoisotopic (exact) mass is 1400 g/mol. The molecule has 0 unspecified atom stereocenters. The van der Waals surface area contributed by atoms with Crippen molar-refractivity contribution in [1.82, 2.24) is 9.13 Å². The van der Waals surface area contributed by atoms with Gasteiger partial charge in [-0.05, 0) is 189 Å². The molecule has 4 heterocycles. The molecule has 0 amide bonds. The van der Waals surface area contributed by atoms with E-state index in [0.717, 1.165) is 149 Å². The summed E-state index contributed by atoms with van der Waals surface area (Å²) in [5.41, 5.74) is 18.5. The zero-order valence-electron chi connectivity index (χ0n) is 69.9. The summed E-state index contributed by atoms with van der Waals surface area (Å²) in [5, 5.41) is 10.9. The van der Waals surface area contributed by atoms with Gasteiger partial charge in [-0.1, -0.05) is 312 Å². The Morgan fingerprint density at radius 1 is 0.275 bits per heavy atom. The lowest BCUT2D eigenvalue weighted by Gasteiger charge is -2.46. The molecule has 0 N–H and O–H groups in total. The molecule has 0 saturated heterocycles. The summed E-state index contributed by atoms with van der Waals surface area (Å²) >= 11 is 0. The second-order valence-corrected chi connectivity index (χ2v) is 29.9. The summed E-state index contributed by atoms with van der Waals surface area (Å²) < 4.78 is 103. The van der Waals surface area contributed by atoms with Gasteiger partial charge >= 0.3 is 0 Å². The number of fused-ring (bicyclic) bond motifs is 16. The van der Waals surface area contributed by atoms with Crippen molar-refractivity contribution < 1.29 is 13.7 Å². The Kier molecular flexibility index (Phi) is 11.9. The Balaban J connectivity index is 0.921. The summed E-state index contributed by atoms with van der Waals surface area (Å²) in [7, 11) is 0. The molecule has 0 atom stereocenters. The van der Waals surface area contributed by atoms with Crippen molar-refractivity contribution in [2.75, 3.05) is 9.80 Å². The van der Waals surface area contributed by atoms with Crippen LogP contribution in [0.5, 0.6) is 0 Å². The number of aromatic nitrogens is 2. The summed E-state index contributed by atoms with van der Waals surface area (Å²) in [6.45, 7) is 5.52. The molecule has 22 rings (SSSR count). The van der Waals surface area contributed by atoms with Crippen LogP contribution in [-0.2, 0) is 5.41 Å². The average Bonchev–Trinajstić information content (AvgIpc) is 1.37. The summed E-state index contributed by atoms with van der Waals surface area (Å²) in [5.74, 6) is 0. The maximum atomic E-state index is 11.8. The second kappa shape index (κ2) is 24.4. The molecular weight excluding hydrogens is 1320 g/mol. The third kappa shape index (κ3) is 9.79. The van der Waals surface area contributed by atoms with E-state index >= 15 is 0 Å². The molecular formula is C104H71BN4. The molecule has 109 heavy (non-hydrogen) atoms. The third-order valence-electron chi connectivity index (χ3n) is 22.7. The average molecular weight is 1400 g/mol. The molecule has 2 aliphatic rings. The highest BCUT2D eigenvalue weighted by molar-refractivity contribution is 7.00. The number of hydrogen-bond acceptors (Lipinski definition) is 2. The van der Waals surface area contributed by atoms with Gasteiger partial charge in [0.25, 0.3) is 6.71 Å². The molecule has 18 aromatic carbocycles. The number of hydrogen-bond donors (Lipinski definition) is 0. The molecule has 0 saturated carbocycles. The number of benzene rings is 18. The third-order valence-corrected chi connectivity index (χ3v) is 22.7. The van der Waals surface area contributed by atoms with E-state index in [0.29, 0.717) is 39.5 Å². The van der Waals surface area contributed by atoms with Crippen molar-refractivity contribution in [2.45, 2.75) is 26.2 Å². The number of rotatable bonds is 9. The van der Waals surface area contributed by atoms with Crippen LogP contribution >= 0.6 is 0 Å². The zero-order valence-corrected chi connectivity index (χ0v) is 59.9. The molecule has 0 fully saturated rings. The molecule has 2 aromatic heterocycles. The lowest BCUT2D eigenvalue weighted by molar-refractivity contribution is 0.590. The van der Waals surface area contributed by atoms with E-state index in [2.05, 4.69) is 296 Å². The van der Waals surface area contributed by atoms with Crippen LogP contribution in [-0.4, -0.2) is 15.8 Å². The van der Waals surface area contributed by atoms with Crippen LogP contribution in [0, 0.1) is 0 Å². The van der Waals surface area contributed by atoms with Gasteiger partial charge in [-0.3, -0.25) is 0 Å². The Hall–Kier alpha value is -13.7. The second-order valence-electron chi connectivity index (χ2n) is 29.9. The molecule has 0 aliphatic carbocycles. The van der Waals surface area contributed by atoms with Gasteiger partial charge in [0.2, 0.25) is 0 Å². The van der Waals surface area contributed by atoms with Crippen molar-refractivity contribution in [1.29, 1.82) is 0 Å². The van der Waals surface area contributed by atoms with Crippen LogP contribution in [0.1, 0.15) is 40.0 Å². The smallest absolute Gasteiger partial charge is 0.252 e. The first-order chi connectivity index (χ1) is 57.9. The SMILES string of the molecule is [2H]c1c2c3c(c([2H])c1C(C)(C)C)N(c1c(-c4ccccc4)cccc1-c1ccccc1)c1cc(-n4c5c([2H])c([2H])c([2H])c([2H])c5c5c([2H])c([2H])c([2H])c([2H])c54)ccc1B3c1ccc(-c3ccc4c(c3)c3ccccc3n4-c3ccccc3)cc1N2c1c(-c2ccc3ccc4ccccc4c3c2)cccc1-c1ccc2ccc3ccccc3c2c1. The molecule has 4 nitrogen and oxygen atoms in total. The van der Waals surface area contributed by atoms with Crippen molar-refractivity contribution in [3.05, 3.63) is 381 Å². The van der Waals surface area contributed by atoms with Gasteiger partial charge in [0.1, 0.15) is 0 Å². The van der Waals surface area contributed by atoms with Gasteiger partial charge in [0.05, 0.1) is 47.1 Å². The minimum Gasteiger partial charge on any atom is -0.310 e. The maximum absolute atomic E-state index is 11.8. The van der Waals surface area contributed by atoms with E-state index < -0.39 is 60.5 Å². The van der Waals surface area contributed by atoms with Crippen molar-refractivity contribution in [3.63, 3.8) is 0 Å². The largest absolute Gasteiger partial charge is 0.310 e. The summed E-state index contributed by atoms with van der Waals surface area (Å²) in [6, 6.07) is 108. The van der Waals surface area contributed by atoms with Gasteiger partial charge in [-0.15, -0.1) is 0 Å². The number of nitrogens with zero attached hydrogens (tertiary/aromatic N) is 4. The lowest BCUT2D eigenvalue weighted by atomic mass is 9.33. The minimum absolute atomic E-state index is 0.0182. The van der Waals surface area contributed by atoms with Gasteiger partial charge in [0, 0.05) is 77.9 Å². The Labute approximate surface area is 647 Å². The van der Waals surface area contributed by atoms with E-state index in [4.69, 9.17) is 2.74 Å². The highest BCUT2D eigenvalue weighted by Gasteiger charge is 2.46. The fraction of sp³-hybridized carbons (Fsp3) is 0.0385. The quantitative estimate of drug-likeness (QED) is 0.106. The molecule has 5 heteroatoms. The molecule has 0 radical (unpaired) electrons. The van der Waals surface area contributed by atoms with Crippen LogP contribution in [0.2, 0.25) is 0 Å². The summed E-state index contributed by atoms with van der Waals surface area (Å²) in [4.78, 5) is 4.62. The first-order valence-electron chi connectivity index (χ1n) is 42.3. The Morgan fingerprint density at radius 2 is 0.688 bits per heavy atom. The molecule has 0 spiro atoms. The van der Waals surface area contributed by atoms with Crippen molar-refractivity contribution in [3.8, 4) is 67.0 Å². The van der Waals surface area contributed by atoms with Crippen LogP contribution in [0.3, 0.4) is 0 Å². The van der Waals surface area contributed by atoms with E-state index in [9.17, 15) is 11.0 Å². The van der Waals surface area contributed by atoms with Crippen molar-refractivity contribution >= 4 is 144 Å². The van der Waals surface area contributed by atoms with Gasteiger partial charge < -0.3 is 18.9 Å². The standard InChI is InChI=1S/C104H71BN4/c1-104(2,3)76-63-99-101-100(64-76)109(102-81(66-25-7-4-8-26-66)38-23-39-82(102)67-27-9-5-10-28-67)98-65-78(107-93-42-20-17-35-85(93)86-36-18-21-43-94(86)107)55-57-92(98)105(101)91-56-53-73(72-54-58-96-90(59-72)87-37-19-22-44-95(87)106(96)77-31-11-6-12-32-77)62-97(91)108(99)103-83(74-51-49-70-47-45-68-29-13-15-33-79(68)88(70)60-74)40-24-41-84(103)75-52-50-71-48-46-69-30-14-16-34-80(69)89(71)61-75/h4-65H,1-3H3/i17D,18D,20D,21D,35D,36D,42D,43D,63D,64D. The molecule has 510 valence electrons. The predicted octanol–water partition coefficient (Wildman–Crippen LogP) is 26.2. The van der Waals surface area contributed by atoms with Crippen molar-refractivity contribution in [2.24, 2.45) is 0 Å². The molecule has 2 aliphatic heterocycles. The first kappa shape index (κ1) is 53.1. The van der Waals surface area contributed by atoms with E-state index in [1.165, 1.54) is 0 Å². The van der Waals surface area contributed by atoms with Crippen LogP contribution in [0.25, 0.3) is 154 Å². The van der Waals surface area contributed by atoms with Crippen LogP contribution in [0.15, 0.2) is 376 Å². The highest BCUT2D eigenvalue weighted by Crippen LogP contribution is 2.55. The fourth-order valence-electron chi connectivity index (χ4n) is 17.7. The zero-order chi connectivity index (χ0) is 80.9. The lowest BCUT2D eigenvalue weighted by Crippen LogP contribution is -2.61. The molecule has 20 aromatic rings. The van der Waals surface area contributed by atoms with Crippen LogP contribution in [0.4, 0.5) is 34.1 Å². The topological polar surface area (TPSA) is 16.3 Å². The normalized spacial score (nSPS) is 14.0. The minimum atomic E-state index is -0.900. The van der Waals surface area contributed by atoms with E-state index in [1.54, 1.807) is 4.57 Å². The highest BCUT2D eigenvalue weighted by atomic mass is 15.2. The molecule has 0 bridgehead atoms. The van der Waals surface area contributed by atoms with Gasteiger partial charge in [-0.2, -0.15) is 0 Å².